The van der Waals surface area contributed by atoms with E-state index in [1.807, 2.05) is 43.6 Å². The number of hydrogen-bond acceptors (Lipinski definition) is 2. The van der Waals surface area contributed by atoms with Crippen molar-refractivity contribution in [2.75, 3.05) is 6.54 Å². The number of nitrogens with zero attached hydrogens (tertiary/aromatic N) is 1. The number of halogens is 1. The molecule has 0 fully saturated rings. The second kappa shape index (κ2) is 5.80. The van der Waals surface area contributed by atoms with Crippen molar-refractivity contribution in [3.05, 3.63) is 59.2 Å². The molecule has 108 valence electrons. The molecule has 2 N–H and O–H groups in total. The van der Waals surface area contributed by atoms with Gasteiger partial charge in [-0.05, 0) is 48.9 Å². The number of aromatic nitrogens is 1. The van der Waals surface area contributed by atoms with Crippen LogP contribution in [0.5, 0.6) is 11.5 Å². The van der Waals surface area contributed by atoms with Crippen molar-refractivity contribution >= 4 is 22.5 Å². The minimum atomic E-state index is 0.577. The molecule has 1 heterocycles. The van der Waals surface area contributed by atoms with Crippen LogP contribution in [0.1, 0.15) is 5.56 Å². The van der Waals surface area contributed by atoms with Crippen molar-refractivity contribution in [2.24, 2.45) is 12.8 Å². The molecular weight excluding hydrogens is 284 g/mol. The third kappa shape index (κ3) is 2.75. The van der Waals surface area contributed by atoms with Crippen LogP contribution < -0.4 is 10.5 Å². The van der Waals surface area contributed by atoms with Crippen molar-refractivity contribution in [1.82, 2.24) is 4.57 Å². The highest BCUT2D eigenvalue weighted by atomic mass is 35.5. The Kier molecular flexibility index (Phi) is 3.86. The topological polar surface area (TPSA) is 40.2 Å². The number of aryl methyl sites for hydroxylation is 1. The maximum absolute atomic E-state index is 6.12. The Bertz CT molecular complexity index is 780. The molecule has 0 aliphatic rings. The molecule has 4 heteroatoms. The molecule has 0 saturated heterocycles. The quantitative estimate of drug-likeness (QED) is 0.787. The third-order valence-electron chi connectivity index (χ3n) is 3.55. The van der Waals surface area contributed by atoms with Gasteiger partial charge in [-0.25, -0.2) is 0 Å². The Morgan fingerprint density at radius 3 is 2.81 bits per heavy atom. The van der Waals surface area contributed by atoms with E-state index >= 15 is 0 Å². The van der Waals surface area contributed by atoms with E-state index in [4.69, 9.17) is 22.1 Å². The van der Waals surface area contributed by atoms with Crippen LogP contribution in [0.15, 0.2) is 48.7 Å². The molecule has 0 aliphatic heterocycles. The Morgan fingerprint density at radius 2 is 2.00 bits per heavy atom. The number of fused-ring (bicyclic) bond motifs is 1. The fraction of sp³-hybridized carbons (Fsp3) is 0.176. The van der Waals surface area contributed by atoms with Gasteiger partial charge in [0.25, 0.3) is 0 Å². The molecule has 1 aromatic heterocycles. The Balaban J connectivity index is 2.04. The fourth-order valence-corrected chi connectivity index (χ4v) is 2.63. The van der Waals surface area contributed by atoms with Crippen LogP contribution in [0.4, 0.5) is 0 Å². The molecule has 0 bridgehead atoms. The van der Waals surface area contributed by atoms with Gasteiger partial charge in [0.15, 0.2) is 0 Å². The number of benzene rings is 2. The normalized spacial score (nSPS) is 11.0. The van der Waals surface area contributed by atoms with Gasteiger partial charge in [0, 0.05) is 23.7 Å². The van der Waals surface area contributed by atoms with Crippen molar-refractivity contribution in [3.63, 3.8) is 0 Å². The van der Waals surface area contributed by atoms with E-state index in [9.17, 15) is 0 Å². The second-order valence-corrected chi connectivity index (χ2v) is 5.44. The lowest BCUT2D eigenvalue weighted by Crippen LogP contribution is -2.04. The summed E-state index contributed by atoms with van der Waals surface area (Å²) >= 11 is 6.09. The summed E-state index contributed by atoms with van der Waals surface area (Å²) in [6.07, 6.45) is 2.79. The first-order valence-electron chi connectivity index (χ1n) is 6.89. The number of nitrogens with two attached hydrogens (primary N) is 1. The van der Waals surface area contributed by atoms with Crippen LogP contribution >= 0.6 is 11.6 Å². The van der Waals surface area contributed by atoms with E-state index in [2.05, 4.69) is 16.7 Å². The predicted molar refractivity (Wildman–Crippen MR) is 87.2 cm³/mol. The lowest BCUT2D eigenvalue weighted by atomic mass is 10.1. The number of rotatable bonds is 4. The van der Waals surface area contributed by atoms with Gasteiger partial charge < -0.3 is 15.0 Å². The van der Waals surface area contributed by atoms with Crippen LogP contribution in [0, 0.1) is 0 Å². The van der Waals surface area contributed by atoms with Crippen LogP contribution in [0.3, 0.4) is 0 Å². The summed E-state index contributed by atoms with van der Waals surface area (Å²) in [6, 6.07) is 13.8. The Hall–Kier alpha value is -1.97. The lowest BCUT2D eigenvalue weighted by Gasteiger charge is -2.12. The lowest BCUT2D eigenvalue weighted by molar-refractivity contribution is 0.482. The highest BCUT2D eigenvalue weighted by Gasteiger charge is 2.09. The zero-order valence-electron chi connectivity index (χ0n) is 11.8. The first kappa shape index (κ1) is 14.0. The van der Waals surface area contributed by atoms with Crippen LogP contribution in [-0.2, 0) is 13.5 Å². The van der Waals surface area contributed by atoms with Crippen LogP contribution in [0.2, 0.25) is 5.02 Å². The van der Waals surface area contributed by atoms with E-state index in [0.29, 0.717) is 11.6 Å². The molecule has 0 spiro atoms. The summed E-state index contributed by atoms with van der Waals surface area (Å²) in [5.74, 6) is 1.60. The van der Waals surface area contributed by atoms with Gasteiger partial charge in [-0.1, -0.05) is 23.7 Å². The predicted octanol–water partition coefficient (Wildman–Crippen LogP) is 4.13. The zero-order valence-corrected chi connectivity index (χ0v) is 12.6. The van der Waals surface area contributed by atoms with Crippen LogP contribution in [0.25, 0.3) is 10.9 Å². The standard InChI is InChI=1S/C17H17ClN2O/c1-20-10-8-14-15(20)3-2-4-16(14)21-17-11-13(18)6-5-12(17)7-9-19/h2-6,8,10-11H,7,9,19H2,1H3. The molecule has 3 rings (SSSR count). The molecule has 0 aliphatic carbocycles. The molecule has 21 heavy (non-hydrogen) atoms. The van der Waals surface area contributed by atoms with Crippen molar-refractivity contribution < 1.29 is 4.74 Å². The van der Waals surface area contributed by atoms with E-state index in [1.54, 1.807) is 0 Å². The summed E-state index contributed by atoms with van der Waals surface area (Å²) in [4.78, 5) is 0. The Morgan fingerprint density at radius 1 is 1.14 bits per heavy atom. The maximum Gasteiger partial charge on any atom is 0.136 e. The highest BCUT2D eigenvalue weighted by molar-refractivity contribution is 6.30. The van der Waals surface area contributed by atoms with Crippen molar-refractivity contribution in [1.29, 1.82) is 0 Å². The van der Waals surface area contributed by atoms with Crippen LogP contribution in [-0.4, -0.2) is 11.1 Å². The monoisotopic (exact) mass is 300 g/mol. The largest absolute Gasteiger partial charge is 0.456 e. The van der Waals surface area contributed by atoms with Gasteiger partial charge in [-0.2, -0.15) is 0 Å². The SMILES string of the molecule is Cn1ccc2c(Oc3cc(Cl)ccc3CCN)cccc21. The molecule has 0 atom stereocenters. The summed E-state index contributed by atoms with van der Waals surface area (Å²) in [5.41, 5.74) is 7.86. The van der Waals surface area contributed by atoms with Gasteiger partial charge in [-0.15, -0.1) is 0 Å². The molecule has 3 aromatic rings. The summed E-state index contributed by atoms with van der Waals surface area (Å²) in [6.45, 7) is 0.577. The number of ether oxygens (including phenoxy) is 1. The molecule has 2 aromatic carbocycles. The minimum Gasteiger partial charge on any atom is -0.456 e. The average Bonchev–Trinajstić information content (AvgIpc) is 2.85. The zero-order chi connectivity index (χ0) is 14.8. The molecular formula is C17H17ClN2O. The Labute approximate surface area is 128 Å². The smallest absolute Gasteiger partial charge is 0.136 e. The van der Waals surface area contributed by atoms with Crippen molar-refractivity contribution in [2.45, 2.75) is 6.42 Å². The van der Waals surface area contributed by atoms with Gasteiger partial charge in [0.1, 0.15) is 11.5 Å². The molecule has 0 amide bonds. The van der Waals surface area contributed by atoms with Gasteiger partial charge >= 0.3 is 0 Å². The highest BCUT2D eigenvalue weighted by Crippen LogP contribution is 2.33. The third-order valence-corrected chi connectivity index (χ3v) is 3.79. The minimum absolute atomic E-state index is 0.577. The van der Waals surface area contributed by atoms with Crippen molar-refractivity contribution in [3.8, 4) is 11.5 Å². The molecule has 0 unspecified atom stereocenters. The molecule has 0 saturated carbocycles. The summed E-state index contributed by atoms with van der Waals surface area (Å²) < 4.78 is 8.19. The van der Waals surface area contributed by atoms with E-state index in [0.717, 1.165) is 34.4 Å². The van der Waals surface area contributed by atoms with Gasteiger partial charge in [-0.3, -0.25) is 0 Å². The summed E-state index contributed by atoms with van der Waals surface area (Å²) in [5, 5.41) is 1.74. The van der Waals surface area contributed by atoms with E-state index in [-0.39, 0.29) is 0 Å². The second-order valence-electron chi connectivity index (χ2n) is 5.01. The molecule has 3 nitrogen and oxygen atoms in total. The maximum atomic E-state index is 6.12. The number of hydrogen-bond donors (Lipinski definition) is 1. The van der Waals surface area contributed by atoms with Gasteiger partial charge in [0.05, 0.1) is 5.52 Å². The first-order chi connectivity index (χ1) is 10.2. The summed E-state index contributed by atoms with van der Waals surface area (Å²) in [7, 11) is 2.02. The average molecular weight is 301 g/mol. The molecule has 0 radical (unpaired) electrons. The fourth-order valence-electron chi connectivity index (χ4n) is 2.47. The van der Waals surface area contributed by atoms with E-state index in [1.165, 1.54) is 0 Å². The van der Waals surface area contributed by atoms with Gasteiger partial charge in [0.2, 0.25) is 0 Å². The van der Waals surface area contributed by atoms with E-state index < -0.39 is 0 Å². The first-order valence-corrected chi connectivity index (χ1v) is 7.27.